The lowest BCUT2D eigenvalue weighted by Gasteiger charge is -2.12. The van der Waals surface area contributed by atoms with Crippen molar-refractivity contribution in [3.8, 4) is 0 Å². The fourth-order valence-corrected chi connectivity index (χ4v) is 3.51. The summed E-state index contributed by atoms with van der Waals surface area (Å²) in [6.07, 6.45) is 7.77. The average molecular weight is 506 g/mol. The molecule has 3 rings (SSSR count). The molecule has 204 valence electrons. The third-order valence-corrected chi connectivity index (χ3v) is 6.36. The maximum Gasteiger partial charge on any atom is 0.250 e. The van der Waals surface area contributed by atoms with Gasteiger partial charge in [-0.15, -0.1) is 0 Å². The third kappa shape index (κ3) is 11.0. The molecule has 0 unspecified atom stereocenters. The number of nitrogens with zero attached hydrogens (tertiary/aromatic N) is 3. The van der Waals surface area contributed by atoms with E-state index >= 15 is 0 Å². The van der Waals surface area contributed by atoms with Gasteiger partial charge < -0.3 is 4.57 Å². The lowest BCUT2D eigenvalue weighted by molar-refractivity contribution is 0.572. The zero-order chi connectivity index (χ0) is 28.3. The fraction of sp³-hybridized carbons (Fsp3) is 0.545. The maximum atomic E-state index is 11.4. The summed E-state index contributed by atoms with van der Waals surface area (Å²) in [4.78, 5) is 19.9. The first-order valence-corrected chi connectivity index (χ1v) is 13.9. The Morgan fingerprint density at radius 2 is 1.11 bits per heavy atom. The molecule has 4 heteroatoms. The summed E-state index contributed by atoms with van der Waals surface area (Å²) < 4.78 is 1.77. The van der Waals surface area contributed by atoms with Crippen molar-refractivity contribution in [2.45, 2.75) is 119 Å². The number of rotatable bonds is 6. The highest BCUT2D eigenvalue weighted by Gasteiger charge is 2.05. The SMILES string of the molecule is CC(C)c1ccc(=O)n(C(C)C)c1.CC(C)c1ccnc(C(C)C)c1.CC(C)c1cncc(C(C)C)c1. The van der Waals surface area contributed by atoms with Crippen LogP contribution in [0.2, 0.25) is 0 Å². The van der Waals surface area contributed by atoms with Crippen LogP contribution >= 0.6 is 0 Å². The summed E-state index contributed by atoms with van der Waals surface area (Å²) in [6, 6.07) is 10.3. The van der Waals surface area contributed by atoms with Crippen LogP contribution in [0.1, 0.15) is 147 Å². The van der Waals surface area contributed by atoms with Crippen LogP contribution in [0.4, 0.5) is 0 Å². The molecule has 0 aliphatic heterocycles. The molecule has 0 bridgehead atoms. The molecule has 0 amide bonds. The molecule has 3 heterocycles. The van der Waals surface area contributed by atoms with E-state index < -0.39 is 0 Å². The number of hydrogen-bond acceptors (Lipinski definition) is 3. The van der Waals surface area contributed by atoms with Crippen molar-refractivity contribution in [2.24, 2.45) is 0 Å². The summed E-state index contributed by atoms with van der Waals surface area (Å²) in [5.41, 5.74) is 6.55. The molecule has 0 atom stereocenters. The number of pyridine rings is 3. The van der Waals surface area contributed by atoms with Gasteiger partial charge in [-0.1, -0.05) is 81.4 Å². The van der Waals surface area contributed by atoms with E-state index in [1.165, 1.54) is 27.9 Å². The van der Waals surface area contributed by atoms with Crippen LogP contribution in [0, 0.1) is 0 Å². The smallest absolute Gasteiger partial charge is 0.250 e. The first kappa shape index (κ1) is 32.3. The van der Waals surface area contributed by atoms with E-state index in [0.717, 1.165) is 0 Å². The van der Waals surface area contributed by atoms with Gasteiger partial charge in [0, 0.05) is 42.6 Å². The van der Waals surface area contributed by atoms with Gasteiger partial charge in [0.05, 0.1) is 0 Å². The van der Waals surface area contributed by atoms with Crippen LogP contribution in [-0.2, 0) is 0 Å². The van der Waals surface area contributed by atoms with Gasteiger partial charge in [-0.25, -0.2) is 0 Å². The molecule has 37 heavy (non-hydrogen) atoms. The lowest BCUT2D eigenvalue weighted by atomic mass is 9.99. The molecular formula is C33H51N3O. The molecule has 0 fully saturated rings. The Morgan fingerprint density at radius 1 is 0.595 bits per heavy atom. The van der Waals surface area contributed by atoms with E-state index in [1.807, 2.05) is 44.7 Å². The second kappa shape index (κ2) is 15.5. The van der Waals surface area contributed by atoms with Gasteiger partial charge in [0.1, 0.15) is 0 Å². The highest BCUT2D eigenvalue weighted by molar-refractivity contribution is 5.23. The molecule has 0 aliphatic rings. The Morgan fingerprint density at radius 3 is 1.54 bits per heavy atom. The van der Waals surface area contributed by atoms with E-state index in [0.29, 0.717) is 29.6 Å². The van der Waals surface area contributed by atoms with Crippen molar-refractivity contribution in [3.05, 3.63) is 93.4 Å². The predicted molar refractivity (Wildman–Crippen MR) is 160 cm³/mol. The standard InChI is InChI=1S/C11H17NO.2C11H17N/c1-8(2)10-5-6-11(13)12(7-10)9(3)4;1-8(2)10-5-11(9(3)4)7-12-6-10;1-8(2)10-5-6-12-11(7-10)9(3)4/h5-9H,1-4H3;2*5-9H,1-4H3. The molecule has 3 aromatic heterocycles. The lowest BCUT2D eigenvalue weighted by Crippen LogP contribution is -2.20. The minimum atomic E-state index is 0.0828. The molecule has 0 saturated heterocycles. The van der Waals surface area contributed by atoms with Crippen molar-refractivity contribution in [3.63, 3.8) is 0 Å². The predicted octanol–water partition coefficient (Wildman–Crippen LogP) is 9.21. The van der Waals surface area contributed by atoms with E-state index in [4.69, 9.17) is 0 Å². The Balaban J connectivity index is 0.000000278. The van der Waals surface area contributed by atoms with Crippen molar-refractivity contribution in [1.29, 1.82) is 0 Å². The van der Waals surface area contributed by atoms with Crippen LogP contribution in [0.5, 0.6) is 0 Å². The Kier molecular flexibility index (Phi) is 13.5. The molecule has 4 nitrogen and oxygen atoms in total. The van der Waals surface area contributed by atoms with Crippen molar-refractivity contribution < 1.29 is 0 Å². The van der Waals surface area contributed by atoms with Crippen LogP contribution in [-0.4, -0.2) is 14.5 Å². The van der Waals surface area contributed by atoms with Crippen LogP contribution in [0.3, 0.4) is 0 Å². The van der Waals surface area contributed by atoms with Gasteiger partial charge in [0.2, 0.25) is 0 Å². The molecule has 0 saturated carbocycles. The molecule has 0 spiro atoms. The molecular weight excluding hydrogens is 454 g/mol. The van der Waals surface area contributed by atoms with Gasteiger partial charge in [0.25, 0.3) is 5.56 Å². The second-order valence-corrected chi connectivity index (χ2v) is 11.6. The first-order chi connectivity index (χ1) is 17.2. The van der Waals surface area contributed by atoms with Crippen molar-refractivity contribution in [1.82, 2.24) is 14.5 Å². The highest BCUT2D eigenvalue weighted by atomic mass is 16.1. The number of hydrogen-bond donors (Lipinski definition) is 0. The normalized spacial score (nSPS) is 11.2. The zero-order valence-electron chi connectivity index (χ0n) is 25.4. The molecule has 0 aliphatic carbocycles. The Labute approximate surface area is 226 Å². The van der Waals surface area contributed by atoms with Gasteiger partial charge in [-0.2, -0.15) is 0 Å². The molecule has 0 radical (unpaired) electrons. The van der Waals surface area contributed by atoms with E-state index in [-0.39, 0.29) is 11.6 Å². The monoisotopic (exact) mass is 505 g/mol. The summed E-state index contributed by atoms with van der Waals surface area (Å²) in [6.45, 7) is 25.8. The largest absolute Gasteiger partial charge is 0.313 e. The van der Waals surface area contributed by atoms with Gasteiger partial charge in [0.15, 0.2) is 0 Å². The van der Waals surface area contributed by atoms with E-state index in [1.54, 1.807) is 10.6 Å². The molecule has 0 aromatic carbocycles. The van der Waals surface area contributed by atoms with Gasteiger partial charge >= 0.3 is 0 Å². The quantitative estimate of drug-likeness (QED) is 0.335. The maximum absolute atomic E-state index is 11.4. The first-order valence-electron chi connectivity index (χ1n) is 13.9. The van der Waals surface area contributed by atoms with Gasteiger partial charge in [-0.3, -0.25) is 14.8 Å². The summed E-state index contributed by atoms with van der Waals surface area (Å²) in [5.74, 6) is 2.77. The average Bonchev–Trinajstić information content (AvgIpc) is 2.84. The minimum absolute atomic E-state index is 0.0828. The Hall–Kier alpha value is -2.75. The van der Waals surface area contributed by atoms with E-state index in [2.05, 4.69) is 97.4 Å². The Bertz CT molecular complexity index is 1020. The summed E-state index contributed by atoms with van der Waals surface area (Å²) in [7, 11) is 0. The van der Waals surface area contributed by atoms with Crippen LogP contribution < -0.4 is 5.56 Å². The molecule has 3 aromatic rings. The third-order valence-electron chi connectivity index (χ3n) is 6.36. The second-order valence-electron chi connectivity index (χ2n) is 11.6. The van der Waals surface area contributed by atoms with E-state index in [9.17, 15) is 4.79 Å². The van der Waals surface area contributed by atoms with Crippen molar-refractivity contribution >= 4 is 0 Å². The highest BCUT2D eigenvalue weighted by Crippen LogP contribution is 2.19. The van der Waals surface area contributed by atoms with Crippen LogP contribution in [0.25, 0.3) is 0 Å². The van der Waals surface area contributed by atoms with Crippen LogP contribution in [0.15, 0.2) is 59.9 Å². The fourth-order valence-electron chi connectivity index (χ4n) is 3.51. The number of aromatic nitrogens is 3. The minimum Gasteiger partial charge on any atom is -0.313 e. The zero-order valence-corrected chi connectivity index (χ0v) is 25.4. The summed E-state index contributed by atoms with van der Waals surface area (Å²) >= 11 is 0. The molecule has 0 N–H and O–H groups in total. The van der Waals surface area contributed by atoms with Crippen molar-refractivity contribution in [2.75, 3.05) is 0 Å². The van der Waals surface area contributed by atoms with Gasteiger partial charge in [-0.05, 0) is 77.8 Å². The summed E-state index contributed by atoms with van der Waals surface area (Å²) in [5, 5.41) is 0. The topological polar surface area (TPSA) is 47.8 Å².